The molecule has 10 heteroatoms. The largest absolute Gasteiger partial charge is 0.472 e. The zero-order valence-corrected chi connectivity index (χ0v) is 35.8. The number of nitrogens with one attached hydrogen (secondary N) is 1. The van der Waals surface area contributed by atoms with Gasteiger partial charge in [0.25, 0.3) is 0 Å². The van der Waals surface area contributed by atoms with Crippen LogP contribution in [0.15, 0.2) is 36.5 Å². The summed E-state index contributed by atoms with van der Waals surface area (Å²) >= 11 is 0. The zero-order valence-electron chi connectivity index (χ0n) is 34.9. The molecule has 4 unspecified atom stereocenters. The number of amides is 1. The molecule has 0 aliphatic heterocycles. The molecule has 0 bridgehead atoms. The number of rotatable bonds is 38. The molecule has 0 aliphatic rings. The van der Waals surface area contributed by atoms with Gasteiger partial charge in [0.2, 0.25) is 5.91 Å². The lowest BCUT2D eigenvalue weighted by Crippen LogP contribution is -2.51. The molecule has 1 amide bonds. The van der Waals surface area contributed by atoms with Gasteiger partial charge in [-0.15, -0.1) is 0 Å². The first-order valence-corrected chi connectivity index (χ1v) is 22.9. The third-order valence-corrected chi connectivity index (χ3v) is 10.5. The van der Waals surface area contributed by atoms with E-state index < -0.39 is 32.7 Å². The van der Waals surface area contributed by atoms with E-state index in [2.05, 4.69) is 48.7 Å². The van der Waals surface area contributed by atoms with E-state index in [1.54, 1.807) is 0 Å². The van der Waals surface area contributed by atoms with Gasteiger partial charge in [0.05, 0.1) is 39.9 Å². The fourth-order valence-corrected chi connectivity index (χ4v) is 6.80. The number of carbonyl (C=O) groups is 1. The van der Waals surface area contributed by atoms with Gasteiger partial charge in [-0.3, -0.25) is 13.8 Å². The van der Waals surface area contributed by atoms with Gasteiger partial charge in [-0.1, -0.05) is 146 Å². The molecule has 0 aromatic heterocycles. The lowest BCUT2D eigenvalue weighted by Gasteiger charge is -2.28. The molecule has 0 spiro atoms. The summed E-state index contributed by atoms with van der Waals surface area (Å²) in [5, 5.41) is 24.6. The van der Waals surface area contributed by atoms with Crippen molar-refractivity contribution >= 4 is 13.7 Å². The maximum Gasteiger partial charge on any atom is 0.472 e. The summed E-state index contributed by atoms with van der Waals surface area (Å²) < 4.78 is 23.4. The molecule has 0 saturated heterocycles. The van der Waals surface area contributed by atoms with Crippen molar-refractivity contribution in [3.05, 3.63) is 36.5 Å². The van der Waals surface area contributed by atoms with Gasteiger partial charge in [0.15, 0.2) is 0 Å². The summed E-state index contributed by atoms with van der Waals surface area (Å²) in [6, 6.07) is -1.05. The van der Waals surface area contributed by atoms with Crippen LogP contribution >= 0.6 is 7.82 Å². The SMILES string of the molecule is C/C=C/CC/C=C/CC/C=C/CCCC(O)C(O)C(COP(=O)(O)OCC[N+](C)(C)C)NC(=O)CCCCCCCCCCCCCCCCCCC. The molecule has 0 radical (unpaired) electrons. The second-order valence-electron chi connectivity index (χ2n) is 15.8. The lowest BCUT2D eigenvalue weighted by atomic mass is 10.0. The summed E-state index contributed by atoms with van der Waals surface area (Å²) in [6.07, 6.45) is 37.9. The number of nitrogens with zero attached hydrogens (tertiary/aromatic N) is 1. The van der Waals surface area contributed by atoms with E-state index in [4.69, 9.17) is 9.05 Å². The number of likely N-dealkylation sites (N-methyl/N-ethyl adjacent to an activating group) is 1. The highest BCUT2D eigenvalue weighted by molar-refractivity contribution is 7.47. The van der Waals surface area contributed by atoms with Crippen LogP contribution in [0.2, 0.25) is 0 Å². The zero-order chi connectivity index (χ0) is 39.5. The minimum absolute atomic E-state index is 0.0130. The van der Waals surface area contributed by atoms with Crippen LogP contribution in [-0.2, 0) is 18.4 Å². The Hall–Kier alpha value is -1.32. The van der Waals surface area contributed by atoms with Crippen molar-refractivity contribution in [1.29, 1.82) is 0 Å². The van der Waals surface area contributed by atoms with E-state index in [1.807, 2.05) is 28.1 Å². The van der Waals surface area contributed by atoms with Gasteiger partial charge >= 0.3 is 7.82 Å². The first-order valence-electron chi connectivity index (χ1n) is 21.4. The number of aliphatic hydroxyl groups is 2. The van der Waals surface area contributed by atoms with E-state index in [0.717, 1.165) is 51.4 Å². The average molecular weight is 772 g/mol. The van der Waals surface area contributed by atoms with Crippen LogP contribution in [0.5, 0.6) is 0 Å². The fourth-order valence-electron chi connectivity index (χ4n) is 6.06. The van der Waals surface area contributed by atoms with Crippen molar-refractivity contribution in [2.75, 3.05) is 40.9 Å². The number of hydrogen-bond acceptors (Lipinski definition) is 6. The third-order valence-electron chi connectivity index (χ3n) is 9.53. The summed E-state index contributed by atoms with van der Waals surface area (Å²) in [5.41, 5.74) is 0. The molecular formula is C43H84N2O7P+. The van der Waals surface area contributed by atoms with Crippen molar-refractivity contribution in [1.82, 2.24) is 5.32 Å². The highest BCUT2D eigenvalue weighted by atomic mass is 31.2. The van der Waals surface area contributed by atoms with Crippen molar-refractivity contribution in [3.63, 3.8) is 0 Å². The highest BCUT2D eigenvalue weighted by Gasteiger charge is 2.31. The number of phosphoric ester groups is 1. The Bertz CT molecular complexity index is 982. The standard InChI is InChI=1S/C43H83N2O7P/c1-6-8-10-12-14-16-18-20-21-22-23-24-26-28-30-32-34-36-42(47)44-40(39-52-53(49,50)51-38-37-45(3,4)5)43(48)41(46)35-33-31-29-27-25-19-17-15-13-11-9-7-2/h7,9,15,17,27,29,40-41,43,46,48H,6,8,10-14,16,18-26,28,30-39H2,1-5H3,(H-,44,47,49,50)/p+1/b9-7+,17-15+,29-27+. The van der Waals surface area contributed by atoms with Gasteiger partial charge in [0.1, 0.15) is 19.3 Å². The molecule has 0 aliphatic carbocycles. The summed E-state index contributed by atoms with van der Waals surface area (Å²) in [5.74, 6) is -0.275. The Balaban J connectivity index is 4.54. The lowest BCUT2D eigenvalue weighted by molar-refractivity contribution is -0.870. The van der Waals surface area contributed by atoms with Gasteiger partial charge in [-0.25, -0.2) is 4.57 Å². The third kappa shape index (κ3) is 36.1. The van der Waals surface area contributed by atoms with Crippen LogP contribution in [-0.4, -0.2) is 84.6 Å². The first kappa shape index (κ1) is 51.7. The number of quaternary nitrogens is 1. The number of hydrogen-bond donors (Lipinski definition) is 4. The highest BCUT2D eigenvalue weighted by Crippen LogP contribution is 2.43. The predicted octanol–water partition coefficient (Wildman–Crippen LogP) is 10.5. The molecule has 0 aromatic carbocycles. The van der Waals surface area contributed by atoms with Gasteiger partial charge in [-0.2, -0.15) is 0 Å². The average Bonchev–Trinajstić information content (AvgIpc) is 3.10. The van der Waals surface area contributed by atoms with Crippen molar-refractivity contribution in [2.45, 2.75) is 193 Å². The van der Waals surface area contributed by atoms with E-state index in [-0.39, 0.29) is 18.9 Å². The Labute approximate surface area is 326 Å². The van der Waals surface area contributed by atoms with Gasteiger partial charge in [0, 0.05) is 6.42 Å². The predicted molar refractivity (Wildman–Crippen MR) is 223 cm³/mol. The minimum atomic E-state index is -4.42. The first-order chi connectivity index (χ1) is 25.4. The maximum atomic E-state index is 12.9. The molecule has 4 N–H and O–H groups in total. The normalized spacial score (nSPS) is 15.4. The Morgan fingerprint density at radius 1 is 0.679 bits per heavy atom. The number of phosphoric acid groups is 1. The summed E-state index contributed by atoms with van der Waals surface area (Å²) in [7, 11) is 1.40. The van der Waals surface area contributed by atoms with Crippen LogP contribution in [0.1, 0.15) is 174 Å². The Morgan fingerprint density at radius 3 is 1.60 bits per heavy atom. The molecule has 4 atom stereocenters. The van der Waals surface area contributed by atoms with Crippen LogP contribution in [0.3, 0.4) is 0 Å². The van der Waals surface area contributed by atoms with Crippen molar-refractivity contribution in [3.8, 4) is 0 Å². The molecule has 0 rings (SSSR count). The van der Waals surface area contributed by atoms with Crippen LogP contribution < -0.4 is 5.32 Å². The smallest absolute Gasteiger partial charge is 0.390 e. The van der Waals surface area contributed by atoms with Gasteiger partial charge < -0.3 is 24.9 Å². The second kappa shape index (κ2) is 35.1. The number of allylic oxidation sites excluding steroid dienone is 6. The molecule has 0 saturated carbocycles. The number of aliphatic hydroxyl groups excluding tert-OH is 2. The number of unbranched alkanes of at least 4 members (excludes halogenated alkanes) is 19. The van der Waals surface area contributed by atoms with Crippen LogP contribution in [0, 0.1) is 0 Å². The second-order valence-corrected chi connectivity index (χ2v) is 17.3. The Kier molecular flexibility index (Phi) is 34.2. The van der Waals surface area contributed by atoms with Crippen LogP contribution in [0.4, 0.5) is 0 Å². The summed E-state index contributed by atoms with van der Waals surface area (Å²) in [6.45, 7) is 4.35. The van der Waals surface area contributed by atoms with Crippen LogP contribution in [0.25, 0.3) is 0 Å². The quantitative estimate of drug-likeness (QED) is 0.0213. The molecule has 312 valence electrons. The Morgan fingerprint density at radius 2 is 1.13 bits per heavy atom. The number of carbonyl (C=O) groups excluding carboxylic acids is 1. The molecule has 0 aromatic rings. The minimum Gasteiger partial charge on any atom is -0.390 e. The maximum absolute atomic E-state index is 12.9. The van der Waals surface area contributed by atoms with Gasteiger partial charge in [-0.05, 0) is 58.3 Å². The molecule has 9 nitrogen and oxygen atoms in total. The molecule has 0 fully saturated rings. The van der Waals surface area contributed by atoms with E-state index in [0.29, 0.717) is 23.9 Å². The van der Waals surface area contributed by atoms with Crippen molar-refractivity contribution in [2.24, 2.45) is 0 Å². The fraction of sp³-hybridized carbons (Fsp3) is 0.837. The molecular weight excluding hydrogens is 687 g/mol. The topological polar surface area (TPSA) is 125 Å². The van der Waals surface area contributed by atoms with E-state index in [9.17, 15) is 24.5 Å². The van der Waals surface area contributed by atoms with E-state index in [1.165, 1.54) is 89.9 Å². The molecule has 0 heterocycles. The monoisotopic (exact) mass is 772 g/mol. The van der Waals surface area contributed by atoms with Crippen molar-refractivity contribution < 1.29 is 38.0 Å². The molecule has 53 heavy (non-hydrogen) atoms. The van der Waals surface area contributed by atoms with E-state index >= 15 is 0 Å². The summed E-state index contributed by atoms with van der Waals surface area (Å²) in [4.78, 5) is 23.1.